The fraction of sp³-hybridized carbons (Fsp3) is 0.160. The van der Waals surface area contributed by atoms with E-state index in [0.29, 0.717) is 0 Å². The molecule has 5 heteroatoms. The van der Waals surface area contributed by atoms with Crippen LogP contribution in [0.3, 0.4) is 0 Å². The minimum absolute atomic E-state index is 0.0829. The first-order valence-electron chi connectivity index (χ1n) is 10.0. The Balaban J connectivity index is 1.61. The molecule has 30 heavy (non-hydrogen) atoms. The lowest BCUT2D eigenvalue weighted by atomic mass is 10.1. The molecule has 0 atom stereocenters. The summed E-state index contributed by atoms with van der Waals surface area (Å²) in [6, 6.07) is 25.4. The summed E-state index contributed by atoms with van der Waals surface area (Å²) in [5.41, 5.74) is 6.03. The van der Waals surface area contributed by atoms with Crippen molar-refractivity contribution in [3.8, 4) is 11.1 Å². The van der Waals surface area contributed by atoms with Gasteiger partial charge in [0.15, 0.2) is 0 Å². The Morgan fingerprint density at radius 2 is 1.60 bits per heavy atom. The maximum absolute atomic E-state index is 12.5. The maximum Gasteiger partial charge on any atom is 0.362 e. The Bertz CT molecular complexity index is 1010. The maximum atomic E-state index is 12.5. The van der Waals surface area contributed by atoms with Gasteiger partial charge < -0.3 is 14.9 Å². The first kappa shape index (κ1) is 21.7. The second kappa shape index (κ2) is 9.67. The van der Waals surface area contributed by atoms with Crippen molar-refractivity contribution in [3.63, 3.8) is 0 Å². The number of carbonyl (C=O) groups excluding carboxylic acids is 1. The van der Waals surface area contributed by atoms with Crippen LogP contribution in [0.4, 0.5) is 5.69 Å². The van der Waals surface area contributed by atoms with Crippen LogP contribution in [0.5, 0.6) is 0 Å². The van der Waals surface area contributed by atoms with E-state index in [4.69, 9.17) is 0 Å². The number of hydrogen-bond donors (Lipinski definition) is 3. The van der Waals surface area contributed by atoms with Gasteiger partial charge in [-0.3, -0.25) is 4.79 Å². The Kier molecular flexibility index (Phi) is 7.00. The Morgan fingerprint density at radius 3 is 2.27 bits per heavy atom. The van der Waals surface area contributed by atoms with Crippen LogP contribution in [0.25, 0.3) is 17.2 Å². The molecule has 0 spiro atoms. The van der Waals surface area contributed by atoms with Gasteiger partial charge in [-0.1, -0.05) is 86.7 Å². The summed E-state index contributed by atoms with van der Waals surface area (Å²) < 4.78 is 0. The highest BCUT2D eigenvalue weighted by molar-refractivity contribution is 6.72. The number of anilines is 1. The van der Waals surface area contributed by atoms with E-state index in [1.165, 1.54) is 5.70 Å². The summed E-state index contributed by atoms with van der Waals surface area (Å²) in [4.78, 5) is 32.5. The van der Waals surface area contributed by atoms with Crippen molar-refractivity contribution in [2.45, 2.75) is 25.8 Å². The van der Waals surface area contributed by atoms with Crippen molar-refractivity contribution in [3.05, 3.63) is 95.7 Å². The number of amides is 1. The van der Waals surface area contributed by atoms with E-state index in [0.717, 1.165) is 27.9 Å². The molecule has 0 aliphatic heterocycles. The van der Waals surface area contributed by atoms with E-state index in [-0.39, 0.29) is 17.9 Å². The van der Waals surface area contributed by atoms with Gasteiger partial charge in [0.25, 0.3) is 0 Å². The van der Waals surface area contributed by atoms with Gasteiger partial charge in [-0.15, -0.1) is 0 Å². The molecule has 0 aliphatic rings. The molecule has 0 aromatic heterocycles. The minimum Gasteiger partial charge on any atom is -0.408 e. The predicted octanol–water partition coefficient (Wildman–Crippen LogP) is 4.92. The average molecular weight is 418 g/mol. The van der Waals surface area contributed by atoms with E-state index in [9.17, 15) is 14.4 Å². The van der Waals surface area contributed by atoms with Crippen LogP contribution in [0.15, 0.2) is 84.6 Å². The van der Waals surface area contributed by atoms with Crippen LogP contribution in [-0.2, 0) is 11.2 Å². The lowest BCUT2D eigenvalue weighted by Crippen LogP contribution is -2.35. The molecule has 1 amide bonds. The molecule has 3 aromatic carbocycles. The molecule has 4 nitrogen and oxygen atoms in total. The van der Waals surface area contributed by atoms with Gasteiger partial charge in [-0.2, -0.15) is 0 Å². The van der Waals surface area contributed by atoms with E-state index in [1.807, 2.05) is 78.9 Å². The molecule has 0 heterocycles. The van der Waals surface area contributed by atoms with Gasteiger partial charge in [0.2, 0.25) is 5.91 Å². The zero-order valence-electron chi connectivity index (χ0n) is 17.2. The number of rotatable bonds is 7. The zero-order valence-corrected chi connectivity index (χ0v) is 18.2. The van der Waals surface area contributed by atoms with Gasteiger partial charge in [0.05, 0.1) is 6.42 Å². The molecule has 0 radical (unpaired) electrons. The molecule has 3 N–H and O–H groups in total. The molecule has 154 valence electrons. The standard InChI is InChI=1S/C25H27NO3Si/c1-19(2)30(28,29)16-15-20-11-13-21(14-12-20)17-25(27)26-24-10-6-9-23(18-24)22-7-4-3-5-8-22/h3-16,18-19,28-29H,17H2,1-2H3,(H,26,27). The molecule has 0 bridgehead atoms. The second-order valence-corrected chi connectivity index (χ2v) is 10.7. The van der Waals surface area contributed by atoms with E-state index in [2.05, 4.69) is 5.32 Å². The zero-order chi connectivity index (χ0) is 21.6. The monoisotopic (exact) mass is 417 g/mol. The number of nitrogens with one attached hydrogen (secondary N) is 1. The highest BCUT2D eigenvalue weighted by atomic mass is 28.4. The summed E-state index contributed by atoms with van der Waals surface area (Å²) in [6.45, 7) is 3.60. The van der Waals surface area contributed by atoms with Gasteiger partial charge in [0, 0.05) is 11.2 Å². The van der Waals surface area contributed by atoms with Crippen molar-refractivity contribution >= 4 is 26.2 Å². The largest absolute Gasteiger partial charge is 0.408 e. The van der Waals surface area contributed by atoms with Crippen molar-refractivity contribution in [1.29, 1.82) is 0 Å². The van der Waals surface area contributed by atoms with E-state index in [1.54, 1.807) is 19.9 Å². The number of benzene rings is 3. The van der Waals surface area contributed by atoms with Crippen LogP contribution in [0.2, 0.25) is 5.54 Å². The molecule has 0 fully saturated rings. The van der Waals surface area contributed by atoms with E-state index < -0.39 is 8.56 Å². The van der Waals surface area contributed by atoms with Crippen LogP contribution >= 0.6 is 0 Å². The highest BCUT2D eigenvalue weighted by Gasteiger charge is 2.29. The highest BCUT2D eigenvalue weighted by Crippen LogP contribution is 2.22. The third-order valence-corrected chi connectivity index (χ3v) is 7.33. The second-order valence-electron chi connectivity index (χ2n) is 7.68. The predicted molar refractivity (Wildman–Crippen MR) is 125 cm³/mol. The summed E-state index contributed by atoms with van der Waals surface area (Å²) >= 11 is 0. The summed E-state index contributed by atoms with van der Waals surface area (Å²) in [5, 5.41) is 2.96. The Hall–Kier alpha value is -2.99. The third kappa shape index (κ3) is 6.00. The van der Waals surface area contributed by atoms with Crippen molar-refractivity contribution in [1.82, 2.24) is 0 Å². The molecular weight excluding hydrogens is 390 g/mol. The quantitative estimate of drug-likeness (QED) is 0.478. The van der Waals surface area contributed by atoms with E-state index >= 15 is 0 Å². The molecular formula is C25H27NO3Si. The van der Waals surface area contributed by atoms with Gasteiger partial charge >= 0.3 is 8.56 Å². The fourth-order valence-corrected chi connectivity index (χ4v) is 3.78. The van der Waals surface area contributed by atoms with Gasteiger partial charge in [0.1, 0.15) is 0 Å². The lowest BCUT2D eigenvalue weighted by molar-refractivity contribution is -0.115. The SMILES string of the molecule is CC(C)[Si](O)(O)C=Cc1ccc(CC(=O)Nc2cccc(-c3ccccc3)c2)cc1. The fourth-order valence-electron chi connectivity index (χ4n) is 2.96. The number of carbonyl (C=O) groups is 1. The van der Waals surface area contributed by atoms with Gasteiger partial charge in [-0.25, -0.2) is 0 Å². The topological polar surface area (TPSA) is 69.6 Å². The first-order valence-corrected chi connectivity index (χ1v) is 12.1. The molecule has 0 aliphatic carbocycles. The summed E-state index contributed by atoms with van der Waals surface area (Å²) in [7, 11) is -3.32. The van der Waals surface area contributed by atoms with Crippen LogP contribution < -0.4 is 5.32 Å². The molecule has 3 aromatic rings. The number of hydrogen-bond acceptors (Lipinski definition) is 3. The normalized spacial score (nSPS) is 11.8. The Morgan fingerprint density at radius 1 is 0.933 bits per heavy atom. The van der Waals surface area contributed by atoms with Crippen LogP contribution in [-0.4, -0.2) is 24.1 Å². The van der Waals surface area contributed by atoms with Crippen molar-refractivity contribution in [2.24, 2.45) is 0 Å². The minimum atomic E-state index is -3.32. The third-order valence-electron chi connectivity index (χ3n) is 4.97. The van der Waals surface area contributed by atoms with Crippen LogP contribution in [0, 0.1) is 0 Å². The van der Waals surface area contributed by atoms with Crippen molar-refractivity contribution < 1.29 is 14.4 Å². The average Bonchev–Trinajstić information content (AvgIpc) is 2.74. The molecule has 0 unspecified atom stereocenters. The smallest absolute Gasteiger partial charge is 0.362 e. The van der Waals surface area contributed by atoms with Crippen LogP contribution in [0.1, 0.15) is 25.0 Å². The first-order chi connectivity index (χ1) is 14.3. The lowest BCUT2D eigenvalue weighted by Gasteiger charge is -2.17. The van der Waals surface area contributed by atoms with Crippen molar-refractivity contribution in [2.75, 3.05) is 5.32 Å². The molecule has 0 saturated heterocycles. The summed E-state index contributed by atoms with van der Waals surface area (Å²) in [6.07, 6.45) is 2.00. The van der Waals surface area contributed by atoms with Gasteiger partial charge in [-0.05, 0) is 40.1 Å². The summed E-state index contributed by atoms with van der Waals surface area (Å²) in [5.74, 6) is -0.0829. The Labute approximate surface area is 178 Å². The molecule has 0 saturated carbocycles. The molecule has 3 rings (SSSR count).